The van der Waals surface area contributed by atoms with Gasteiger partial charge >= 0.3 is 5.97 Å². The molecule has 14 heteroatoms. The molecule has 14 nitrogen and oxygen atoms in total. The van der Waals surface area contributed by atoms with E-state index in [4.69, 9.17) is 4.74 Å². The highest BCUT2D eigenvalue weighted by atomic mass is 16.5. The van der Waals surface area contributed by atoms with E-state index in [9.17, 15) is 39.0 Å². The molecule has 0 bridgehead atoms. The molecule has 1 aliphatic heterocycles. The number of amides is 5. The Kier molecular flexibility index (Phi) is 13.2. The number of carboxylic acids is 1. The molecule has 262 valence electrons. The Morgan fingerprint density at radius 3 is 1.79 bits per heavy atom. The second kappa shape index (κ2) is 16.0. The van der Waals surface area contributed by atoms with Gasteiger partial charge in [0.15, 0.2) is 5.60 Å². The molecule has 0 radical (unpaired) electrons. The van der Waals surface area contributed by atoms with E-state index >= 15 is 0 Å². The van der Waals surface area contributed by atoms with Crippen LogP contribution in [0.1, 0.15) is 77.1 Å². The average molecular weight is 662 g/mol. The van der Waals surface area contributed by atoms with Crippen LogP contribution in [0.4, 0.5) is 0 Å². The van der Waals surface area contributed by atoms with E-state index in [1.807, 2.05) is 13.8 Å². The zero-order valence-corrected chi connectivity index (χ0v) is 29.0. The van der Waals surface area contributed by atoms with Crippen molar-refractivity contribution in [3.8, 4) is 11.5 Å². The molecule has 1 heterocycles. The number of hydrogen-bond donors (Lipinski definition) is 7. The highest BCUT2D eigenvalue weighted by molar-refractivity contribution is 5.95. The summed E-state index contributed by atoms with van der Waals surface area (Å²) in [6, 6.07) is -3.16. The monoisotopic (exact) mass is 661 g/mol. The van der Waals surface area contributed by atoms with E-state index in [0.29, 0.717) is 29.7 Å². The zero-order valence-electron chi connectivity index (χ0n) is 29.0. The lowest BCUT2D eigenvalue weighted by atomic mass is 9.86. The first kappa shape index (κ1) is 38.8. The van der Waals surface area contributed by atoms with E-state index in [0.717, 1.165) is 11.1 Å². The minimum absolute atomic E-state index is 0.207. The van der Waals surface area contributed by atoms with Crippen molar-refractivity contribution >= 4 is 35.5 Å². The second-order valence-electron chi connectivity index (χ2n) is 13.4. The smallest absolute Gasteiger partial charge is 0.326 e. The van der Waals surface area contributed by atoms with Gasteiger partial charge in [0.05, 0.1) is 13.1 Å². The molecule has 1 aromatic carbocycles. The predicted octanol–water partition coefficient (Wildman–Crippen LogP) is 1.14. The minimum atomic E-state index is -1.28. The summed E-state index contributed by atoms with van der Waals surface area (Å²) in [6.07, 6.45) is 0.818. The molecule has 0 fully saturated rings. The first-order valence-corrected chi connectivity index (χ1v) is 15.9. The van der Waals surface area contributed by atoms with E-state index in [-0.39, 0.29) is 23.5 Å². The Balaban J connectivity index is 1.96. The number of phenolic OH excluding ortho intramolecular Hbond substituents is 1. The van der Waals surface area contributed by atoms with Gasteiger partial charge in [-0.15, -0.1) is 0 Å². The number of nitrogens with one attached hydrogen (secondary N) is 5. The van der Waals surface area contributed by atoms with Gasteiger partial charge in [-0.1, -0.05) is 41.5 Å². The van der Waals surface area contributed by atoms with Gasteiger partial charge in [0.2, 0.25) is 23.6 Å². The van der Waals surface area contributed by atoms with Crippen molar-refractivity contribution in [3.05, 3.63) is 22.3 Å². The van der Waals surface area contributed by atoms with E-state index in [2.05, 4.69) is 26.6 Å². The molecule has 0 saturated carbocycles. The number of carbonyl (C=O) groups is 6. The number of carboxylic acid groups (broad SMARTS) is 1. The molecular weight excluding hydrogens is 610 g/mol. The summed E-state index contributed by atoms with van der Waals surface area (Å²) in [5, 5.41) is 32.4. The molecule has 7 N–H and O–H groups in total. The number of benzene rings is 1. The van der Waals surface area contributed by atoms with Crippen molar-refractivity contribution in [2.45, 2.75) is 106 Å². The molecule has 5 amide bonds. The van der Waals surface area contributed by atoms with Gasteiger partial charge in [0.1, 0.15) is 29.6 Å². The van der Waals surface area contributed by atoms with Crippen LogP contribution in [0.5, 0.6) is 11.5 Å². The number of hydrogen-bond acceptors (Lipinski definition) is 8. The lowest BCUT2D eigenvalue weighted by molar-refractivity contribution is -0.143. The molecule has 0 saturated heterocycles. The zero-order chi connectivity index (χ0) is 36.0. The fourth-order valence-electron chi connectivity index (χ4n) is 5.27. The molecule has 0 spiro atoms. The van der Waals surface area contributed by atoms with Crippen molar-refractivity contribution in [2.24, 2.45) is 17.8 Å². The largest absolute Gasteiger partial charge is 0.507 e. The van der Waals surface area contributed by atoms with Gasteiger partial charge in [-0.3, -0.25) is 24.0 Å². The quantitative estimate of drug-likeness (QED) is 0.152. The maximum atomic E-state index is 13.5. The number of aliphatic carboxylic acids is 1. The van der Waals surface area contributed by atoms with Crippen molar-refractivity contribution < 1.29 is 43.7 Å². The molecule has 1 aromatic rings. The highest BCUT2D eigenvalue weighted by Crippen LogP contribution is 2.43. The van der Waals surface area contributed by atoms with Gasteiger partial charge in [-0.05, 0) is 68.6 Å². The van der Waals surface area contributed by atoms with E-state index < -0.39 is 72.3 Å². The van der Waals surface area contributed by atoms with Gasteiger partial charge in [0, 0.05) is 12.0 Å². The summed E-state index contributed by atoms with van der Waals surface area (Å²) >= 11 is 0. The van der Waals surface area contributed by atoms with Crippen molar-refractivity contribution in [1.29, 1.82) is 0 Å². The SMILES string of the molecule is Cc1c(C)c2c(c(C)c1O)CCC(C)(C(=O)N[C@H](C(=O)NCC(=O)NCC(=O)N[C@H](C(=O)N[C@H](C(=O)O)C(C)C)C(C)C)C(C)C)O2. The lowest BCUT2D eigenvalue weighted by Crippen LogP contribution is -2.58. The fourth-order valence-corrected chi connectivity index (χ4v) is 5.27. The minimum Gasteiger partial charge on any atom is -0.507 e. The maximum Gasteiger partial charge on any atom is 0.326 e. The van der Waals surface area contributed by atoms with Crippen LogP contribution in [0.2, 0.25) is 0 Å². The third-order valence-corrected chi connectivity index (χ3v) is 8.60. The Hall–Kier alpha value is -4.36. The lowest BCUT2D eigenvalue weighted by Gasteiger charge is -2.37. The Morgan fingerprint density at radius 2 is 1.26 bits per heavy atom. The average Bonchev–Trinajstić information content (AvgIpc) is 2.99. The third-order valence-electron chi connectivity index (χ3n) is 8.60. The summed E-state index contributed by atoms with van der Waals surface area (Å²) in [5.74, 6) is -4.65. The molecule has 1 aliphatic rings. The molecule has 2 rings (SSSR count). The summed E-state index contributed by atoms with van der Waals surface area (Å²) in [5.41, 5.74) is 1.68. The van der Waals surface area contributed by atoms with Gasteiger partial charge in [-0.25, -0.2) is 4.79 Å². The number of fused-ring (bicyclic) bond motifs is 1. The Bertz CT molecular complexity index is 1390. The molecule has 4 atom stereocenters. The standard InChI is InChI=1S/C33H51N5O9/c1-15(2)24(38-32(46)33(10)12-11-21-20(9)27(41)18(7)19(8)28(21)47-33)29(42)35-13-22(39)34-14-23(40)36-25(16(3)4)30(43)37-26(17(5)6)31(44)45/h15-17,24-26,41H,11-14H2,1-10H3,(H,34,39)(H,35,42)(H,36,40)(H,37,43)(H,38,46)(H,44,45)/t24-,25-,26-,33?/m0/s1. The van der Waals surface area contributed by atoms with Crippen LogP contribution in [0.15, 0.2) is 0 Å². The van der Waals surface area contributed by atoms with Crippen LogP contribution >= 0.6 is 0 Å². The van der Waals surface area contributed by atoms with Crippen molar-refractivity contribution in [1.82, 2.24) is 26.6 Å². The van der Waals surface area contributed by atoms with Crippen LogP contribution in [0.25, 0.3) is 0 Å². The Labute approximate surface area is 276 Å². The van der Waals surface area contributed by atoms with Gasteiger partial charge in [0.25, 0.3) is 5.91 Å². The van der Waals surface area contributed by atoms with Gasteiger partial charge < -0.3 is 41.5 Å². The topological polar surface area (TPSA) is 212 Å². The van der Waals surface area contributed by atoms with Crippen LogP contribution in [-0.2, 0) is 35.2 Å². The summed E-state index contributed by atoms with van der Waals surface area (Å²) in [4.78, 5) is 75.7. The molecule has 0 aliphatic carbocycles. The number of phenols is 1. The second-order valence-corrected chi connectivity index (χ2v) is 13.4. The predicted molar refractivity (Wildman–Crippen MR) is 174 cm³/mol. The van der Waals surface area contributed by atoms with Crippen LogP contribution in [0, 0.1) is 38.5 Å². The van der Waals surface area contributed by atoms with Crippen molar-refractivity contribution in [2.75, 3.05) is 13.1 Å². The van der Waals surface area contributed by atoms with Gasteiger partial charge in [-0.2, -0.15) is 0 Å². The Morgan fingerprint density at radius 1 is 0.723 bits per heavy atom. The van der Waals surface area contributed by atoms with E-state index in [1.54, 1.807) is 55.4 Å². The first-order chi connectivity index (χ1) is 21.7. The number of rotatable bonds is 14. The molecule has 1 unspecified atom stereocenters. The summed E-state index contributed by atoms with van der Waals surface area (Å²) in [6.45, 7) is 16.2. The maximum absolute atomic E-state index is 13.5. The fraction of sp³-hybridized carbons (Fsp3) is 0.636. The van der Waals surface area contributed by atoms with Crippen LogP contribution < -0.4 is 31.3 Å². The van der Waals surface area contributed by atoms with Crippen molar-refractivity contribution in [3.63, 3.8) is 0 Å². The highest BCUT2D eigenvalue weighted by Gasteiger charge is 2.42. The molecule has 47 heavy (non-hydrogen) atoms. The summed E-state index contributed by atoms with van der Waals surface area (Å²) < 4.78 is 6.23. The number of ether oxygens (including phenoxy) is 1. The van der Waals surface area contributed by atoms with E-state index in [1.165, 1.54) is 0 Å². The summed E-state index contributed by atoms with van der Waals surface area (Å²) in [7, 11) is 0. The number of aromatic hydroxyl groups is 1. The molecule has 0 aromatic heterocycles. The normalized spacial score (nSPS) is 17.6. The van der Waals surface area contributed by atoms with Crippen LogP contribution in [0.3, 0.4) is 0 Å². The third kappa shape index (κ3) is 9.58. The first-order valence-electron chi connectivity index (χ1n) is 15.9. The number of carbonyl (C=O) groups excluding carboxylic acids is 5. The van der Waals surface area contributed by atoms with Crippen LogP contribution in [-0.4, -0.2) is 82.5 Å². The molecular formula is C33H51N5O9.